The van der Waals surface area contributed by atoms with Crippen molar-refractivity contribution < 1.29 is 4.39 Å². The van der Waals surface area contributed by atoms with E-state index in [4.69, 9.17) is 4.98 Å². The zero-order valence-electron chi connectivity index (χ0n) is 17.7. The van der Waals surface area contributed by atoms with Crippen LogP contribution in [0.3, 0.4) is 0 Å². The lowest BCUT2D eigenvalue weighted by Crippen LogP contribution is -2.30. The van der Waals surface area contributed by atoms with Crippen molar-refractivity contribution in [2.24, 2.45) is 5.92 Å². The summed E-state index contributed by atoms with van der Waals surface area (Å²) in [5.74, 6) is 1.50. The van der Waals surface area contributed by atoms with Gasteiger partial charge in [-0.05, 0) is 89.0 Å². The highest BCUT2D eigenvalue weighted by Crippen LogP contribution is 2.30. The Morgan fingerprint density at radius 2 is 2.00 bits per heavy atom. The first-order chi connectivity index (χ1) is 14.6. The summed E-state index contributed by atoms with van der Waals surface area (Å²) < 4.78 is 16.5. The largest absolute Gasteiger partial charge is 0.345 e. The molecule has 30 heavy (non-hydrogen) atoms. The van der Waals surface area contributed by atoms with Gasteiger partial charge in [0, 0.05) is 17.7 Å². The number of aromatic nitrogens is 4. The molecule has 0 spiro atoms. The first-order valence-corrected chi connectivity index (χ1v) is 10.9. The zero-order chi connectivity index (χ0) is 20.7. The van der Waals surface area contributed by atoms with Gasteiger partial charge < -0.3 is 14.5 Å². The van der Waals surface area contributed by atoms with Crippen molar-refractivity contribution in [3.8, 4) is 11.4 Å². The average molecular weight is 406 g/mol. The van der Waals surface area contributed by atoms with E-state index in [1.165, 1.54) is 32.4 Å². The third kappa shape index (κ3) is 3.49. The van der Waals surface area contributed by atoms with Crippen molar-refractivity contribution in [1.29, 1.82) is 0 Å². The summed E-state index contributed by atoms with van der Waals surface area (Å²) in [5.41, 5.74) is 5.32. The Balaban J connectivity index is 1.48. The molecule has 0 amide bonds. The van der Waals surface area contributed by atoms with Gasteiger partial charge in [0.1, 0.15) is 11.6 Å². The number of aryl methyl sites for hydroxylation is 2. The molecule has 0 radical (unpaired) electrons. The number of imidazole rings is 2. The van der Waals surface area contributed by atoms with Crippen molar-refractivity contribution in [2.75, 3.05) is 20.1 Å². The quantitative estimate of drug-likeness (QED) is 0.500. The van der Waals surface area contributed by atoms with E-state index in [1.807, 2.05) is 19.1 Å². The van der Waals surface area contributed by atoms with Gasteiger partial charge in [-0.1, -0.05) is 0 Å². The van der Waals surface area contributed by atoms with E-state index in [-0.39, 0.29) is 5.82 Å². The summed E-state index contributed by atoms with van der Waals surface area (Å²) in [6.07, 6.45) is 6.61. The number of likely N-dealkylation sites (tertiary alicyclic amines) is 1. The Kier molecular flexibility index (Phi) is 5.03. The van der Waals surface area contributed by atoms with Crippen LogP contribution in [-0.2, 0) is 6.54 Å². The van der Waals surface area contributed by atoms with Crippen LogP contribution in [0.25, 0.3) is 33.5 Å². The Labute approximate surface area is 175 Å². The molecule has 0 bridgehead atoms. The zero-order valence-corrected chi connectivity index (χ0v) is 17.7. The highest BCUT2D eigenvalue weighted by atomic mass is 19.1. The van der Waals surface area contributed by atoms with Crippen LogP contribution in [0.4, 0.5) is 4.39 Å². The lowest BCUT2D eigenvalue weighted by atomic mass is 9.92. The molecule has 1 saturated heterocycles. The van der Waals surface area contributed by atoms with Gasteiger partial charge in [-0.3, -0.25) is 0 Å². The standard InChI is InChI=1S/C24H28FN5/c1-16-19(25)6-8-22-23(16)28-24(18-5-7-20-21(14-18)27-15-26-20)30(22)11-3-4-17-9-12-29(2)13-10-17/h5-8,14-15,17H,3-4,9-13H2,1-2H3,(H,26,27). The van der Waals surface area contributed by atoms with Gasteiger partial charge in [0.05, 0.1) is 28.4 Å². The molecule has 0 unspecified atom stereocenters. The van der Waals surface area contributed by atoms with Crippen LogP contribution in [0.5, 0.6) is 0 Å². The van der Waals surface area contributed by atoms with Crippen molar-refractivity contribution in [3.05, 3.63) is 48.0 Å². The molecule has 156 valence electrons. The number of fused-ring (bicyclic) bond motifs is 2. The molecule has 1 aliphatic rings. The minimum absolute atomic E-state index is 0.201. The normalized spacial score (nSPS) is 16.1. The molecule has 6 heteroatoms. The smallest absolute Gasteiger partial charge is 0.141 e. The summed E-state index contributed by atoms with van der Waals surface area (Å²) in [6, 6.07) is 9.60. The number of H-pyrrole nitrogens is 1. The summed E-state index contributed by atoms with van der Waals surface area (Å²) in [4.78, 5) is 14.8. The second-order valence-corrected chi connectivity index (χ2v) is 8.65. The summed E-state index contributed by atoms with van der Waals surface area (Å²) in [5, 5.41) is 0. The number of aromatic amines is 1. The van der Waals surface area contributed by atoms with Crippen LogP contribution in [-0.4, -0.2) is 44.6 Å². The van der Waals surface area contributed by atoms with Gasteiger partial charge in [0.2, 0.25) is 0 Å². The molecule has 1 fully saturated rings. The summed E-state index contributed by atoms with van der Waals surface area (Å²) >= 11 is 0. The van der Waals surface area contributed by atoms with Crippen LogP contribution in [0, 0.1) is 18.7 Å². The maximum Gasteiger partial charge on any atom is 0.141 e. The average Bonchev–Trinajstić information content (AvgIpc) is 3.36. The molecule has 1 aliphatic heterocycles. The molecule has 0 aliphatic carbocycles. The van der Waals surface area contributed by atoms with Crippen molar-refractivity contribution in [2.45, 2.75) is 39.2 Å². The van der Waals surface area contributed by atoms with Gasteiger partial charge in [-0.2, -0.15) is 0 Å². The molecule has 3 heterocycles. The lowest BCUT2D eigenvalue weighted by molar-refractivity contribution is 0.209. The molecular formula is C24H28FN5. The van der Waals surface area contributed by atoms with E-state index in [0.717, 1.165) is 52.3 Å². The van der Waals surface area contributed by atoms with E-state index in [9.17, 15) is 4.39 Å². The first kappa shape index (κ1) is 19.2. The summed E-state index contributed by atoms with van der Waals surface area (Å²) in [6.45, 7) is 5.11. The van der Waals surface area contributed by atoms with E-state index < -0.39 is 0 Å². The predicted octanol–water partition coefficient (Wildman–Crippen LogP) is 5.15. The number of hydrogen-bond acceptors (Lipinski definition) is 3. The predicted molar refractivity (Wildman–Crippen MR) is 119 cm³/mol. The second kappa shape index (κ2) is 7.84. The fourth-order valence-corrected chi connectivity index (χ4v) is 4.71. The van der Waals surface area contributed by atoms with E-state index in [0.29, 0.717) is 5.56 Å². The van der Waals surface area contributed by atoms with Gasteiger partial charge in [0.25, 0.3) is 0 Å². The van der Waals surface area contributed by atoms with E-state index in [1.54, 1.807) is 12.4 Å². The summed E-state index contributed by atoms with van der Waals surface area (Å²) in [7, 11) is 2.21. The highest BCUT2D eigenvalue weighted by Gasteiger charge is 2.19. The molecule has 4 aromatic rings. The monoisotopic (exact) mass is 405 g/mol. The maximum absolute atomic E-state index is 14.2. The van der Waals surface area contributed by atoms with Crippen molar-refractivity contribution in [1.82, 2.24) is 24.4 Å². The van der Waals surface area contributed by atoms with Crippen molar-refractivity contribution in [3.63, 3.8) is 0 Å². The fourth-order valence-electron chi connectivity index (χ4n) is 4.71. The van der Waals surface area contributed by atoms with Gasteiger partial charge >= 0.3 is 0 Å². The first-order valence-electron chi connectivity index (χ1n) is 10.9. The molecule has 1 N–H and O–H groups in total. The number of nitrogens with one attached hydrogen (secondary N) is 1. The molecule has 2 aromatic carbocycles. The number of benzene rings is 2. The third-order valence-electron chi connectivity index (χ3n) is 6.62. The second-order valence-electron chi connectivity index (χ2n) is 8.65. The Morgan fingerprint density at radius 3 is 2.83 bits per heavy atom. The maximum atomic E-state index is 14.2. The van der Waals surface area contributed by atoms with Gasteiger partial charge in [0.15, 0.2) is 0 Å². The topological polar surface area (TPSA) is 49.7 Å². The van der Waals surface area contributed by atoms with Crippen LogP contribution >= 0.6 is 0 Å². The lowest BCUT2D eigenvalue weighted by Gasteiger charge is -2.29. The number of nitrogens with zero attached hydrogens (tertiary/aromatic N) is 4. The number of piperidine rings is 1. The number of hydrogen-bond donors (Lipinski definition) is 1. The van der Waals surface area contributed by atoms with Crippen LogP contribution in [0.2, 0.25) is 0 Å². The minimum atomic E-state index is -0.201. The number of rotatable bonds is 5. The SMILES string of the molecule is Cc1c(F)ccc2c1nc(-c1ccc3[nH]cnc3c1)n2CCCC1CCN(C)CC1. The number of halogens is 1. The molecule has 2 aromatic heterocycles. The van der Waals surface area contributed by atoms with Gasteiger partial charge in [-0.25, -0.2) is 14.4 Å². The van der Waals surface area contributed by atoms with Gasteiger partial charge in [-0.15, -0.1) is 0 Å². The Bertz CT molecular complexity index is 1180. The highest BCUT2D eigenvalue weighted by molar-refractivity contribution is 5.86. The molecule has 5 nitrogen and oxygen atoms in total. The Morgan fingerprint density at radius 1 is 1.17 bits per heavy atom. The van der Waals surface area contributed by atoms with Crippen LogP contribution in [0.15, 0.2) is 36.7 Å². The molecule has 5 rings (SSSR count). The van der Waals surface area contributed by atoms with Crippen molar-refractivity contribution >= 4 is 22.1 Å². The van der Waals surface area contributed by atoms with Crippen LogP contribution < -0.4 is 0 Å². The fraction of sp³-hybridized carbons (Fsp3) is 0.417. The van der Waals surface area contributed by atoms with E-state index in [2.05, 4.69) is 38.6 Å². The van der Waals surface area contributed by atoms with E-state index >= 15 is 0 Å². The molecule has 0 saturated carbocycles. The Hall–Kier alpha value is -2.73. The molecule has 0 atom stereocenters. The van der Waals surface area contributed by atoms with Crippen LogP contribution in [0.1, 0.15) is 31.2 Å². The molecular weight excluding hydrogens is 377 g/mol. The minimum Gasteiger partial charge on any atom is -0.345 e. The third-order valence-corrected chi connectivity index (χ3v) is 6.62.